The van der Waals surface area contributed by atoms with Crippen LogP contribution in [-0.2, 0) is 6.54 Å². The summed E-state index contributed by atoms with van der Waals surface area (Å²) in [5, 5.41) is 7.77. The highest BCUT2D eigenvalue weighted by atomic mass is 16.6. The van der Waals surface area contributed by atoms with Gasteiger partial charge in [0.15, 0.2) is 0 Å². The van der Waals surface area contributed by atoms with Crippen molar-refractivity contribution >= 4 is 17.0 Å². The summed E-state index contributed by atoms with van der Waals surface area (Å²) in [5.74, 6) is 0.836. The van der Waals surface area contributed by atoms with Crippen LogP contribution in [0.5, 0.6) is 0 Å². The summed E-state index contributed by atoms with van der Waals surface area (Å²) in [6.45, 7) is 2.88. The second-order valence-electron chi connectivity index (χ2n) is 6.27. The fraction of sp³-hybridized carbons (Fsp3) is 0.412. The van der Waals surface area contributed by atoms with E-state index in [-0.39, 0.29) is 0 Å². The summed E-state index contributed by atoms with van der Waals surface area (Å²) in [4.78, 5) is 13.4. The summed E-state index contributed by atoms with van der Waals surface area (Å²) in [6.07, 6.45) is 5.83. The standard InChI is InChI=1S/C17H20N6O/c1-22(12-13-3-4-15-16(11-13)21-24-20-15)14-5-9-23(10-6-14)17-18-7-2-8-19-17/h2-4,7-8,11,14H,5-6,9-10,12H2,1H3. The molecule has 3 heterocycles. The van der Waals surface area contributed by atoms with Gasteiger partial charge >= 0.3 is 0 Å². The van der Waals surface area contributed by atoms with Gasteiger partial charge in [-0.05, 0) is 54.0 Å². The molecule has 124 valence electrons. The molecule has 24 heavy (non-hydrogen) atoms. The van der Waals surface area contributed by atoms with Crippen molar-refractivity contribution in [3.05, 3.63) is 42.2 Å². The normalized spacial score (nSPS) is 16.2. The van der Waals surface area contributed by atoms with Crippen molar-refractivity contribution in [1.82, 2.24) is 25.2 Å². The van der Waals surface area contributed by atoms with Gasteiger partial charge in [0.1, 0.15) is 11.0 Å². The minimum atomic E-state index is 0.566. The Bertz CT molecular complexity index is 797. The summed E-state index contributed by atoms with van der Waals surface area (Å²) in [5.41, 5.74) is 2.85. The lowest BCUT2D eigenvalue weighted by molar-refractivity contribution is 0.200. The van der Waals surface area contributed by atoms with E-state index >= 15 is 0 Å². The van der Waals surface area contributed by atoms with Crippen LogP contribution in [-0.4, -0.2) is 51.4 Å². The van der Waals surface area contributed by atoms with E-state index in [1.54, 1.807) is 12.4 Å². The molecule has 2 aromatic heterocycles. The maximum absolute atomic E-state index is 4.76. The molecule has 3 aromatic rings. The fourth-order valence-corrected chi connectivity index (χ4v) is 3.30. The van der Waals surface area contributed by atoms with Crippen molar-refractivity contribution in [2.75, 3.05) is 25.0 Å². The lowest BCUT2D eigenvalue weighted by Gasteiger charge is -2.36. The monoisotopic (exact) mass is 324 g/mol. The smallest absolute Gasteiger partial charge is 0.225 e. The zero-order valence-corrected chi connectivity index (χ0v) is 13.7. The predicted molar refractivity (Wildman–Crippen MR) is 90.5 cm³/mol. The first kappa shape index (κ1) is 15.0. The van der Waals surface area contributed by atoms with Gasteiger partial charge in [-0.3, -0.25) is 4.90 Å². The molecule has 0 unspecified atom stereocenters. The molecule has 1 aliphatic rings. The van der Waals surface area contributed by atoms with Crippen LogP contribution in [0.3, 0.4) is 0 Å². The van der Waals surface area contributed by atoms with E-state index < -0.39 is 0 Å². The van der Waals surface area contributed by atoms with Gasteiger partial charge in [-0.25, -0.2) is 14.6 Å². The molecule has 1 fully saturated rings. The van der Waals surface area contributed by atoms with Crippen LogP contribution in [0.15, 0.2) is 41.3 Å². The van der Waals surface area contributed by atoms with Crippen LogP contribution in [0.4, 0.5) is 5.95 Å². The van der Waals surface area contributed by atoms with Crippen molar-refractivity contribution in [2.24, 2.45) is 0 Å². The molecule has 0 bridgehead atoms. The molecule has 1 aliphatic heterocycles. The molecule has 0 N–H and O–H groups in total. The number of rotatable bonds is 4. The first-order valence-electron chi connectivity index (χ1n) is 8.23. The van der Waals surface area contributed by atoms with E-state index in [9.17, 15) is 0 Å². The first-order valence-corrected chi connectivity index (χ1v) is 8.23. The largest absolute Gasteiger partial charge is 0.341 e. The Balaban J connectivity index is 1.36. The lowest BCUT2D eigenvalue weighted by atomic mass is 10.0. The van der Waals surface area contributed by atoms with Gasteiger partial charge in [0.05, 0.1) is 0 Å². The minimum absolute atomic E-state index is 0.566. The van der Waals surface area contributed by atoms with Gasteiger partial charge < -0.3 is 4.90 Å². The Kier molecular flexibility index (Phi) is 4.08. The molecule has 0 saturated carbocycles. The lowest BCUT2D eigenvalue weighted by Crippen LogP contribution is -2.43. The fourth-order valence-electron chi connectivity index (χ4n) is 3.30. The van der Waals surface area contributed by atoms with E-state index in [0.717, 1.165) is 49.5 Å². The molecule has 0 amide bonds. The summed E-state index contributed by atoms with van der Waals surface area (Å²) < 4.78 is 4.76. The Morgan fingerprint density at radius 1 is 1.12 bits per heavy atom. The van der Waals surface area contributed by atoms with Crippen LogP contribution in [0, 0.1) is 0 Å². The Hall–Kier alpha value is -2.54. The maximum atomic E-state index is 4.76. The average Bonchev–Trinajstić information content (AvgIpc) is 3.10. The SMILES string of the molecule is CN(Cc1ccc2nonc2c1)C1CCN(c2ncccn2)CC1. The predicted octanol–water partition coefficient (Wildman–Crippen LogP) is 2.11. The van der Waals surface area contributed by atoms with E-state index in [1.165, 1.54) is 5.56 Å². The minimum Gasteiger partial charge on any atom is -0.341 e. The molecule has 7 nitrogen and oxygen atoms in total. The molecule has 1 saturated heterocycles. The number of hydrogen-bond acceptors (Lipinski definition) is 7. The highest BCUT2D eigenvalue weighted by molar-refractivity contribution is 5.73. The molecule has 4 rings (SSSR count). The molecule has 0 aliphatic carbocycles. The second-order valence-corrected chi connectivity index (χ2v) is 6.27. The Morgan fingerprint density at radius 3 is 2.67 bits per heavy atom. The maximum Gasteiger partial charge on any atom is 0.225 e. The third-order valence-corrected chi connectivity index (χ3v) is 4.67. The van der Waals surface area contributed by atoms with E-state index in [0.29, 0.717) is 6.04 Å². The molecule has 0 spiro atoms. The third-order valence-electron chi connectivity index (χ3n) is 4.67. The zero-order valence-electron chi connectivity index (χ0n) is 13.7. The molecule has 0 radical (unpaired) electrons. The van der Waals surface area contributed by atoms with Crippen LogP contribution in [0.2, 0.25) is 0 Å². The van der Waals surface area contributed by atoms with Crippen molar-refractivity contribution in [2.45, 2.75) is 25.4 Å². The molecular weight excluding hydrogens is 304 g/mol. The number of hydrogen-bond donors (Lipinski definition) is 0. The average molecular weight is 324 g/mol. The number of nitrogens with zero attached hydrogens (tertiary/aromatic N) is 6. The van der Waals surface area contributed by atoms with Gasteiger partial charge in [-0.15, -0.1) is 0 Å². The number of anilines is 1. The van der Waals surface area contributed by atoms with E-state index in [1.807, 2.05) is 12.1 Å². The van der Waals surface area contributed by atoms with Crippen LogP contribution in [0.25, 0.3) is 11.0 Å². The number of benzene rings is 1. The number of piperidine rings is 1. The second kappa shape index (κ2) is 6.52. The van der Waals surface area contributed by atoms with Crippen molar-refractivity contribution < 1.29 is 4.63 Å². The van der Waals surface area contributed by atoms with Crippen molar-refractivity contribution in [1.29, 1.82) is 0 Å². The van der Waals surface area contributed by atoms with Gasteiger partial charge in [-0.2, -0.15) is 0 Å². The van der Waals surface area contributed by atoms with Crippen molar-refractivity contribution in [3.8, 4) is 0 Å². The summed E-state index contributed by atoms with van der Waals surface area (Å²) >= 11 is 0. The van der Waals surface area contributed by atoms with Gasteiger partial charge in [0, 0.05) is 38.1 Å². The highest BCUT2D eigenvalue weighted by Crippen LogP contribution is 2.21. The molecule has 7 heteroatoms. The van der Waals surface area contributed by atoms with E-state index in [2.05, 4.69) is 49.3 Å². The van der Waals surface area contributed by atoms with Gasteiger partial charge in [0.2, 0.25) is 5.95 Å². The van der Waals surface area contributed by atoms with E-state index in [4.69, 9.17) is 4.63 Å². The third kappa shape index (κ3) is 3.07. The topological polar surface area (TPSA) is 71.2 Å². The Morgan fingerprint density at radius 2 is 1.88 bits per heavy atom. The van der Waals surface area contributed by atoms with Gasteiger partial charge in [0.25, 0.3) is 0 Å². The van der Waals surface area contributed by atoms with Crippen molar-refractivity contribution in [3.63, 3.8) is 0 Å². The number of fused-ring (bicyclic) bond motifs is 1. The highest BCUT2D eigenvalue weighted by Gasteiger charge is 2.23. The summed E-state index contributed by atoms with van der Waals surface area (Å²) in [7, 11) is 2.19. The van der Waals surface area contributed by atoms with Crippen LogP contribution < -0.4 is 4.90 Å². The summed E-state index contributed by atoms with van der Waals surface area (Å²) in [6, 6.07) is 8.53. The quantitative estimate of drug-likeness (QED) is 0.728. The van der Waals surface area contributed by atoms with Gasteiger partial charge in [-0.1, -0.05) is 6.07 Å². The number of aromatic nitrogens is 4. The van der Waals surface area contributed by atoms with Crippen LogP contribution >= 0.6 is 0 Å². The Labute approximate surface area is 140 Å². The molecule has 1 aromatic carbocycles. The zero-order chi connectivity index (χ0) is 16.4. The van der Waals surface area contributed by atoms with Crippen LogP contribution in [0.1, 0.15) is 18.4 Å². The molecular formula is C17H20N6O. The molecule has 0 atom stereocenters. The first-order chi connectivity index (χ1) is 11.8.